The Labute approximate surface area is 119 Å². The lowest BCUT2D eigenvalue weighted by Gasteiger charge is -2.13. The number of carbonyl (C=O) groups is 1. The van der Waals surface area contributed by atoms with Crippen LogP contribution in [-0.2, 0) is 11.2 Å². The van der Waals surface area contributed by atoms with Gasteiger partial charge in [-0.2, -0.15) is 0 Å². The molecule has 1 aliphatic rings. The topological polar surface area (TPSA) is 58.4 Å². The molecule has 1 aliphatic heterocycles. The molecule has 5 heteroatoms. The van der Waals surface area contributed by atoms with Gasteiger partial charge in [0.05, 0.1) is 6.42 Å². The van der Waals surface area contributed by atoms with Crippen LogP contribution in [0.5, 0.6) is 0 Å². The maximum atomic E-state index is 11.9. The number of rotatable bonds is 4. The summed E-state index contributed by atoms with van der Waals surface area (Å²) in [5.74, 6) is 0.0726. The summed E-state index contributed by atoms with van der Waals surface area (Å²) >= 11 is 4.89. The summed E-state index contributed by atoms with van der Waals surface area (Å²) < 4.78 is 0. The Balaban J connectivity index is 1.86. The van der Waals surface area contributed by atoms with Gasteiger partial charge in [-0.3, -0.25) is 4.79 Å². The highest BCUT2D eigenvalue weighted by Crippen LogP contribution is 2.08. The molecule has 0 bridgehead atoms. The first kappa shape index (κ1) is 14.0. The number of amides is 1. The van der Waals surface area contributed by atoms with Crippen molar-refractivity contribution in [2.75, 3.05) is 20.1 Å². The molecule has 102 valence electrons. The van der Waals surface area contributed by atoms with Crippen LogP contribution in [0.2, 0.25) is 0 Å². The first-order chi connectivity index (χ1) is 9.04. The minimum absolute atomic E-state index is 0.0726. The van der Waals surface area contributed by atoms with Crippen LogP contribution in [0.4, 0.5) is 0 Å². The molecule has 1 atom stereocenters. The fourth-order valence-corrected chi connectivity index (χ4v) is 2.44. The normalized spacial score (nSPS) is 19.3. The van der Waals surface area contributed by atoms with E-state index in [0.717, 1.165) is 30.6 Å². The number of carbonyl (C=O) groups excluding carboxylic acids is 1. The minimum atomic E-state index is 0.0726. The molecule has 0 spiro atoms. The number of nitrogens with two attached hydrogens (primary N) is 1. The van der Waals surface area contributed by atoms with E-state index in [1.54, 1.807) is 0 Å². The molecule has 3 N–H and O–H groups in total. The number of nitrogens with one attached hydrogen (secondary N) is 1. The van der Waals surface area contributed by atoms with Crippen molar-refractivity contribution in [1.82, 2.24) is 10.2 Å². The smallest absolute Gasteiger partial charge is 0.224 e. The monoisotopic (exact) mass is 277 g/mol. The summed E-state index contributed by atoms with van der Waals surface area (Å²) in [4.78, 5) is 14.5. The van der Waals surface area contributed by atoms with Crippen molar-refractivity contribution < 1.29 is 4.79 Å². The first-order valence-corrected chi connectivity index (χ1v) is 6.82. The Morgan fingerprint density at radius 2 is 2.16 bits per heavy atom. The maximum Gasteiger partial charge on any atom is 0.224 e. The molecule has 2 rings (SSSR count). The van der Waals surface area contributed by atoms with Crippen molar-refractivity contribution in [2.24, 2.45) is 5.73 Å². The first-order valence-electron chi connectivity index (χ1n) is 6.41. The minimum Gasteiger partial charge on any atom is -0.389 e. The highest BCUT2D eigenvalue weighted by Gasteiger charge is 2.20. The number of benzene rings is 1. The Morgan fingerprint density at radius 1 is 1.47 bits per heavy atom. The van der Waals surface area contributed by atoms with E-state index in [9.17, 15) is 4.79 Å². The van der Waals surface area contributed by atoms with Crippen molar-refractivity contribution in [3.8, 4) is 0 Å². The van der Waals surface area contributed by atoms with E-state index in [-0.39, 0.29) is 11.9 Å². The third-order valence-electron chi connectivity index (χ3n) is 3.36. The van der Waals surface area contributed by atoms with E-state index in [0.29, 0.717) is 11.4 Å². The van der Waals surface area contributed by atoms with Crippen molar-refractivity contribution >= 4 is 23.1 Å². The lowest BCUT2D eigenvalue weighted by molar-refractivity contribution is -0.121. The maximum absolute atomic E-state index is 11.9. The van der Waals surface area contributed by atoms with Crippen LogP contribution in [0.1, 0.15) is 17.5 Å². The lowest BCUT2D eigenvalue weighted by Crippen LogP contribution is -2.37. The Bertz CT molecular complexity index is 472. The van der Waals surface area contributed by atoms with Gasteiger partial charge in [0.15, 0.2) is 0 Å². The lowest BCUT2D eigenvalue weighted by atomic mass is 10.1. The molecule has 1 unspecified atom stereocenters. The third kappa shape index (κ3) is 4.01. The van der Waals surface area contributed by atoms with Gasteiger partial charge in [-0.05, 0) is 25.6 Å². The molecule has 1 saturated heterocycles. The quantitative estimate of drug-likeness (QED) is 0.795. The zero-order valence-electron chi connectivity index (χ0n) is 11.1. The van der Waals surface area contributed by atoms with Gasteiger partial charge in [-0.1, -0.05) is 36.5 Å². The predicted octanol–water partition coefficient (Wildman–Crippen LogP) is 0.684. The molecule has 0 aliphatic carbocycles. The van der Waals surface area contributed by atoms with E-state index in [1.165, 1.54) is 0 Å². The summed E-state index contributed by atoms with van der Waals surface area (Å²) in [6.07, 6.45) is 1.43. The van der Waals surface area contributed by atoms with Crippen LogP contribution in [0.15, 0.2) is 24.3 Å². The van der Waals surface area contributed by atoms with Crippen LogP contribution in [-0.4, -0.2) is 42.0 Å². The molecule has 1 amide bonds. The fourth-order valence-electron chi connectivity index (χ4n) is 2.30. The number of hydrogen-bond donors (Lipinski definition) is 2. The molecule has 0 aromatic heterocycles. The molecule has 1 aromatic rings. The molecular weight excluding hydrogens is 258 g/mol. The predicted molar refractivity (Wildman–Crippen MR) is 80.1 cm³/mol. The van der Waals surface area contributed by atoms with Crippen molar-refractivity contribution in [3.63, 3.8) is 0 Å². The summed E-state index contributed by atoms with van der Waals surface area (Å²) in [5.41, 5.74) is 7.34. The van der Waals surface area contributed by atoms with E-state index in [1.807, 2.05) is 24.3 Å². The zero-order chi connectivity index (χ0) is 13.8. The number of likely N-dealkylation sites (N-methyl/N-ethyl adjacent to an activating group) is 1. The van der Waals surface area contributed by atoms with Crippen LogP contribution >= 0.6 is 12.2 Å². The second-order valence-electron chi connectivity index (χ2n) is 5.05. The van der Waals surface area contributed by atoms with Crippen molar-refractivity contribution in [2.45, 2.75) is 18.9 Å². The number of nitrogens with zero attached hydrogens (tertiary/aromatic N) is 1. The highest BCUT2D eigenvalue weighted by molar-refractivity contribution is 7.80. The summed E-state index contributed by atoms with van der Waals surface area (Å²) in [5, 5.41) is 3.06. The summed E-state index contributed by atoms with van der Waals surface area (Å²) in [6.45, 7) is 1.99. The van der Waals surface area contributed by atoms with E-state index < -0.39 is 0 Å². The molecule has 0 radical (unpaired) electrons. The zero-order valence-corrected chi connectivity index (χ0v) is 11.9. The van der Waals surface area contributed by atoms with E-state index in [2.05, 4.69) is 17.3 Å². The third-order valence-corrected chi connectivity index (χ3v) is 3.60. The van der Waals surface area contributed by atoms with Gasteiger partial charge in [0.2, 0.25) is 5.91 Å². The second kappa shape index (κ2) is 6.12. The fraction of sp³-hybridized carbons (Fsp3) is 0.429. The van der Waals surface area contributed by atoms with Crippen LogP contribution in [0.25, 0.3) is 0 Å². The number of hydrogen-bond acceptors (Lipinski definition) is 3. The molecule has 4 nitrogen and oxygen atoms in total. The van der Waals surface area contributed by atoms with E-state index in [4.69, 9.17) is 18.0 Å². The van der Waals surface area contributed by atoms with Crippen LogP contribution in [0.3, 0.4) is 0 Å². The van der Waals surface area contributed by atoms with Gasteiger partial charge in [0.1, 0.15) is 4.99 Å². The summed E-state index contributed by atoms with van der Waals surface area (Å²) in [6, 6.07) is 7.79. The van der Waals surface area contributed by atoms with Crippen molar-refractivity contribution in [3.05, 3.63) is 35.4 Å². The van der Waals surface area contributed by atoms with E-state index >= 15 is 0 Å². The molecule has 0 saturated carbocycles. The van der Waals surface area contributed by atoms with Gasteiger partial charge in [0, 0.05) is 18.2 Å². The largest absolute Gasteiger partial charge is 0.389 e. The average Bonchev–Trinajstić information content (AvgIpc) is 2.75. The second-order valence-corrected chi connectivity index (χ2v) is 5.49. The van der Waals surface area contributed by atoms with Gasteiger partial charge in [0.25, 0.3) is 0 Å². The SMILES string of the molecule is CN1CCC(NC(=O)Cc2ccc(C(N)=S)cc2)C1. The number of thiocarbonyl (C=S) groups is 1. The van der Waals surface area contributed by atoms with Gasteiger partial charge in [-0.15, -0.1) is 0 Å². The van der Waals surface area contributed by atoms with Crippen LogP contribution < -0.4 is 11.1 Å². The molecule has 1 aromatic carbocycles. The molecule has 19 heavy (non-hydrogen) atoms. The summed E-state index contributed by atoms with van der Waals surface area (Å²) in [7, 11) is 2.07. The number of likely N-dealkylation sites (tertiary alicyclic amines) is 1. The Kier molecular flexibility index (Phi) is 4.50. The van der Waals surface area contributed by atoms with Crippen molar-refractivity contribution in [1.29, 1.82) is 0 Å². The average molecular weight is 277 g/mol. The Morgan fingerprint density at radius 3 is 2.68 bits per heavy atom. The van der Waals surface area contributed by atoms with Gasteiger partial charge >= 0.3 is 0 Å². The highest BCUT2D eigenvalue weighted by atomic mass is 32.1. The van der Waals surface area contributed by atoms with Gasteiger partial charge < -0.3 is 16.0 Å². The molecule has 1 fully saturated rings. The van der Waals surface area contributed by atoms with Crippen LogP contribution in [0, 0.1) is 0 Å². The molecular formula is C14H19N3OS. The van der Waals surface area contributed by atoms with Gasteiger partial charge in [-0.25, -0.2) is 0 Å². The molecule has 1 heterocycles. The Hall–Kier alpha value is -1.46. The standard InChI is InChI=1S/C14H19N3OS/c1-17-7-6-12(9-17)16-13(18)8-10-2-4-11(5-3-10)14(15)19/h2-5,12H,6-9H2,1H3,(H2,15,19)(H,16,18).